The second kappa shape index (κ2) is 9.62. The van der Waals surface area contributed by atoms with Gasteiger partial charge in [0.25, 0.3) is 0 Å². The Hall–Kier alpha value is -3.25. The van der Waals surface area contributed by atoms with Crippen LogP contribution in [0, 0.1) is 0 Å². The van der Waals surface area contributed by atoms with Crippen LogP contribution in [0.2, 0.25) is 0 Å². The summed E-state index contributed by atoms with van der Waals surface area (Å²) >= 11 is 0. The normalized spacial score (nSPS) is 10.5. The van der Waals surface area contributed by atoms with Gasteiger partial charge in [-0.15, -0.1) is 0 Å². The molecule has 0 bridgehead atoms. The summed E-state index contributed by atoms with van der Waals surface area (Å²) in [4.78, 5) is 20.0. The number of hydrogen-bond acceptors (Lipinski definition) is 5. The molecule has 0 unspecified atom stereocenters. The molecule has 1 aromatic heterocycles. The standard InChI is InChI=1S/C22H24N4O2/c1-16(27)24-19-11-7-18(8-12-19)21-13-14-23-22(26-21)25-20-9-5-17(6-10-20)4-3-15-28-2/h5-14H,3-4,15H2,1-2H3,(H,24,27)(H,23,25,26). The van der Waals surface area contributed by atoms with E-state index in [0.717, 1.165) is 42.1 Å². The second-order valence-electron chi connectivity index (χ2n) is 6.44. The summed E-state index contributed by atoms with van der Waals surface area (Å²) in [5, 5.41) is 6.00. The molecule has 0 saturated carbocycles. The van der Waals surface area contributed by atoms with Crippen LogP contribution in [0.5, 0.6) is 0 Å². The summed E-state index contributed by atoms with van der Waals surface area (Å²) in [6.07, 6.45) is 3.73. The Labute approximate surface area is 165 Å². The van der Waals surface area contributed by atoms with Crippen molar-refractivity contribution < 1.29 is 9.53 Å². The summed E-state index contributed by atoms with van der Waals surface area (Å²) in [5.41, 5.74) is 4.73. The molecule has 0 aliphatic heterocycles. The number of carbonyl (C=O) groups is 1. The van der Waals surface area contributed by atoms with E-state index in [4.69, 9.17) is 4.74 Å². The Morgan fingerprint density at radius 3 is 2.39 bits per heavy atom. The first-order chi connectivity index (χ1) is 13.6. The van der Waals surface area contributed by atoms with Gasteiger partial charge in [-0.25, -0.2) is 9.97 Å². The first kappa shape index (κ1) is 19.5. The average molecular weight is 376 g/mol. The van der Waals surface area contributed by atoms with Gasteiger partial charge in [0.15, 0.2) is 0 Å². The lowest BCUT2D eigenvalue weighted by Crippen LogP contribution is -2.05. The monoisotopic (exact) mass is 376 g/mol. The van der Waals surface area contributed by atoms with Gasteiger partial charge < -0.3 is 15.4 Å². The van der Waals surface area contributed by atoms with E-state index in [-0.39, 0.29) is 5.91 Å². The van der Waals surface area contributed by atoms with Gasteiger partial charge in [0.2, 0.25) is 11.9 Å². The Morgan fingerprint density at radius 2 is 1.71 bits per heavy atom. The number of nitrogens with zero attached hydrogens (tertiary/aromatic N) is 2. The molecule has 0 fully saturated rings. The highest BCUT2D eigenvalue weighted by atomic mass is 16.5. The number of benzene rings is 2. The molecule has 0 spiro atoms. The molecule has 0 saturated heterocycles. The lowest BCUT2D eigenvalue weighted by Gasteiger charge is -2.08. The third-order valence-corrected chi connectivity index (χ3v) is 4.18. The number of aryl methyl sites for hydroxylation is 1. The zero-order chi connectivity index (χ0) is 19.8. The van der Waals surface area contributed by atoms with Crippen LogP contribution in [-0.2, 0) is 16.0 Å². The van der Waals surface area contributed by atoms with Crippen molar-refractivity contribution in [1.29, 1.82) is 0 Å². The van der Waals surface area contributed by atoms with Crippen molar-refractivity contribution in [3.8, 4) is 11.3 Å². The summed E-state index contributed by atoms with van der Waals surface area (Å²) < 4.78 is 5.09. The number of anilines is 3. The molecule has 28 heavy (non-hydrogen) atoms. The minimum atomic E-state index is -0.0917. The molecule has 0 aliphatic rings. The molecule has 3 aromatic rings. The van der Waals surface area contributed by atoms with Crippen LogP contribution in [0.25, 0.3) is 11.3 Å². The number of nitrogens with one attached hydrogen (secondary N) is 2. The molecule has 2 aromatic carbocycles. The first-order valence-electron chi connectivity index (χ1n) is 9.20. The lowest BCUT2D eigenvalue weighted by molar-refractivity contribution is -0.114. The summed E-state index contributed by atoms with van der Waals surface area (Å²) in [7, 11) is 1.72. The number of carbonyl (C=O) groups excluding carboxylic acids is 1. The maximum atomic E-state index is 11.1. The van der Waals surface area contributed by atoms with E-state index < -0.39 is 0 Å². The highest BCUT2D eigenvalue weighted by Crippen LogP contribution is 2.21. The fourth-order valence-corrected chi connectivity index (χ4v) is 2.81. The molecular formula is C22H24N4O2. The summed E-state index contributed by atoms with van der Waals surface area (Å²) in [6.45, 7) is 2.26. The van der Waals surface area contributed by atoms with Crippen LogP contribution < -0.4 is 10.6 Å². The van der Waals surface area contributed by atoms with Gasteiger partial charge in [0.1, 0.15) is 0 Å². The Balaban J connectivity index is 1.67. The van der Waals surface area contributed by atoms with E-state index in [9.17, 15) is 4.79 Å². The number of hydrogen-bond donors (Lipinski definition) is 2. The Kier molecular flexibility index (Phi) is 6.70. The fourth-order valence-electron chi connectivity index (χ4n) is 2.81. The predicted molar refractivity (Wildman–Crippen MR) is 112 cm³/mol. The molecule has 6 heteroatoms. The summed E-state index contributed by atoms with van der Waals surface area (Å²) in [6, 6.07) is 17.7. The van der Waals surface area contributed by atoms with Crippen molar-refractivity contribution in [1.82, 2.24) is 9.97 Å². The quantitative estimate of drug-likeness (QED) is 0.569. The number of amides is 1. The molecule has 144 valence electrons. The van der Waals surface area contributed by atoms with Gasteiger partial charge in [-0.2, -0.15) is 0 Å². The third kappa shape index (κ3) is 5.62. The van der Waals surface area contributed by atoms with Gasteiger partial charge in [-0.05, 0) is 48.7 Å². The number of methoxy groups -OCH3 is 1. The maximum Gasteiger partial charge on any atom is 0.227 e. The van der Waals surface area contributed by atoms with Crippen LogP contribution in [0.15, 0.2) is 60.8 Å². The zero-order valence-electron chi connectivity index (χ0n) is 16.1. The smallest absolute Gasteiger partial charge is 0.227 e. The van der Waals surface area contributed by atoms with Crippen LogP contribution >= 0.6 is 0 Å². The van der Waals surface area contributed by atoms with E-state index >= 15 is 0 Å². The minimum Gasteiger partial charge on any atom is -0.385 e. The lowest BCUT2D eigenvalue weighted by atomic mass is 10.1. The molecule has 2 N–H and O–H groups in total. The predicted octanol–water partition coefficient (Wildman–Crippen LogP) is 4.42. The summed E-state index contributed by atoms with van der Waals surface area (Å²) in [5.74, 6) is 0.446. The van der Waals surface area contributed by atoms with E-state index in [0.29, 0.717) is 5.95 Å². The number of aromatic nitrogens is 2. The van der Waals surface area contributed by atoms with Crippen LogP contribution in [0.4, 0.5) is 17.3 Å². The van der Waals surface area contributed by atoms with Gasteiger partial charge in [-0.3, -0.25) is 4.79 Å². The Morgan fingerprint density at radius 1 is 1.00 bits per heavy atom. The highest BCUT2D eigenvalue weighted by molar-refractivity contribution is 5.88. The second-order valence-corrected chi connectivity index (χ2v) is 6.44. The molecule has 6 nitrogen and oxygen atoms in total. The van der Waals surface area contributed by atoms with E-state index in [2.05, 4.69) is 32.7 Å². The molecule has 0 radical (unpaired) electrons. The SMILES string of the molecule is COCCCc1ccc(Nc2nccc(-c3ccc(NC(C)=O)cc3)n2)cc1. The Bertz CT molecular complexity index is 909. The van der Waals surface area contributed by atoms with E-state index in [1.165, 1.54) is 12.5 Å². The van der Waals surface area contributed by atoms with Gasteiger partial charge in [0, 0.05) is 43.8 Å². The minimum absolute atomic E-state index is 0.0917. The molecule has 3 rings (SSSR count). The van der Waals surface area contributed by atoms with Crippen molar-refractivity contribution >= 4 is 23.2 Å². The fraction of sp³-hybridized carbons (Fsp3) is 0.227. The van der Waals surface area contributed by atoms with Crippen molar-refractivity contribution in [2.24, 2.45) is 0 Å². The van der Waals surface area contributed by atoms with Crippen LogP contribution in [0.3, 0.4) is 0 Å². The van der Waals surface area contributed by atoms with Crippen LogP contribution in [0.1, 0.15) is 18.9 Å². The zero-order valence-corrected chi connectivity index (χ0v) is 16.1. The van der Waals surface area contributed by atoms with E-state index in [1.807, 2.05) is 42.5 Å². The number of ether oxygens (including phenoxy) is 1. The first-order valence-corrected chi connectivity index (χ1v) is 9.20. The van der Waals surface area contributed by atoms with Crippen molar-refractivity contribution in [2.45, 2.75) is 19.8 Å². The molecule has 1 amide bonds. The van der Waals surface area contributed by atoms with Crippen LogP contribution in [-0.4, -0.2) is 29.6 Å². The highest BCUT2D eigenvalue weighted by Gasteiger charge is 2.04. The topological polar surface area (TPSA) is 76.1 Å². The van der Waals surface area contributed by atoms with Crippen molar-refractivity contribution in [3.05, 3.63) is 66.4 Å². The average Bonchev–Trinajstić information content (AvgIpc) is 2.70. The van der Waals surface area contributed by atoms with Crippen molar-refractivity contribution in [3.63, 3.8) is 0 Å². The van der Waals surface area contributed by atoms with Gasteiger partial charge >= 0.3 is 0 Å². The third-order valence-electron chi connectivity index (χ3n) is 4.18. The maximum absolute atomic E-state index is 11.1. The van der Waals surface area contributed by atoms with Gasteiger partial charge in [0.05, 0.1) is 5.69 Å². The largest absolute Gasteiger partial charge is 0.385 e. The number of rotatable bonds is 8. The molecule has 1 heterocycles. The van der Waals surface area contributed by atoms with E-state index in [1.54, 1.807) is 13.3 Å². The molecule has 0 aliphatic carbocycles. The van der Waals surface area contributed by atoms with Gasteiger partial charge in [-0.1, -0.05) is 24.3 Å². The molecular weight excluding hydrogens is 352 g/mol. The van der Waals surface area contributed by atoms with Crippen molar-refractivity contribution in [2.75, 3.05) is 24.4 Å². The molecule has 0 atom stereocenters.